The molecule has 0 spiro atoms. The molecule has 1 aliphatic rings. The molecular weight excluding hydrogens is 688 g/mol. The van der Waals surface area contributed by atoms with Gasteiger partial charge in [-0.1, -0.05) is 159 Å². The Bertz CT molecular complexity index is 2440. The number of benzene rings is 8. The Hall–Kier alpha value is -4.76. The van der Waals surface area contributed by atoms with Crippen molar-refractivity contribution in [2.24, 2.45) is 0 Å². The van der Waals surface area contributed by atoms with Crippen molar-refractivity contribution >= 4 is 53.4 Å². The number of hydrogen-bond donors (Lipinski definition) is 0. The van der Waals surface area contributed by atoms with Gasteiger partial charge in [-0.05, 0) is 119 Å². The fourth-order valence-electron chi connectivity index (χ4n) is 7.36. The van der Waals surface area contributed by atoms with E-state index in [0.29, 0.717) is 0 Å². The molecule has 9 rings (SSSR count). The lowest BCUT2D eigenvalue weighted by Crippen LogP contribution is -1.94. The Morgan fingerprint density at radius 2 is 0.804 bits per heavy atom. The minimum atomic E-state index is 1.08. The van der Waals surface area contributed by atoms with E-state index in [0.717, 1.165) is 8.95 Å². The summed E-state index contributed by atoms with van der Waals surface area (Å²) in [4.78, 5) is 0. The van der Waals surface area contributed by atoms with E-state index in [2.05, 4.69) is 190 Å². The van der Waals surface area contributed by atoms with Gasteiger partial charge >= 0.3 is 0 Å². The van der Waals surface area contributed by atoms with Crippen LogP contribution in [0, 0.1) is 0 Å². The monoisotopic (exact) mass is 712 g/mol. The summed E-state index contributed by atoms with van der Waals surface area (Å²) >= 11 is 7.24. The lowest BCUT2D eigenvalue weighted by molar-refractivity contribution is 1.59. The van der Waals surface area contributed by atoms with E-state index >= 15 is 0 Å². The summed E-state index contributed by atoms with van der Waals surface area (Å²) in [7, 11) is 0. The van der Waals surface area contributed by atoms with Crippen LogP contribution in [0.4, 0.5) is 0 Å². The van der Waals surface area contributed by atoms with Crippen molar-refractivity contribution in [3.63, 3.8) is 0 Å². The third-order valence-corrected chi connectivity index (χ3v) is 10.4. The molecule has 0 saturated heterocycles. The Morgan fingerprint density at radius 1 is 0.283 bits per heavy atom. The quantitative estimate of drug-likeness (QED) is 0.170. The van der Waals surface area contributed by atoms with Gasteiger partial charge in [-0.15, -0.1) is 0 Å². The van der Waals surface area contributed by atoms with E-state index in [4.69, 9.17) is 0 Å². The maximum Gasteiger partial charge on any atom is 0.0175 e. The zero-order chi connectivity index (χ0) is 30.8. The molecule has 0 fully saturated rings. The number of hydrogen-bond acceptors (Lipinski definition) is 0. The second-order valence-corrected chi connectivity index (χ2v) is 13.7. The standard InChI is InChI=1S/C44H26Br2/c45-32-19-14-27(15-20-32)31-18-23-36-39(26-31)41(30-10-5-2-6-11-30)43-37-13-7-12-35-34(28-16-21-33(46)22-17-28)24-25-38(42(35)37)44(43)40(36)29-8-3-1-4-9-29/h1-26H. The highest BCUT2D eigenvalue weighted by Gasteiger charge is 2.31. The van der Waals surface area contributed by atoms with Crippen LogP contribution in [0.3, 0.4) is 0 Å². The van der Waals surface area contributed by atoms with Gasteiger partial charge in [0.2, 0.25) is 0 Å². The van der Waals surface area contributed by atoms with Crippen LogP contribution in [0.2, 0.25) is 0 Å². The maximum atomic E-state index is 3.62. The Morgan fingerprint density at radius 3 is 1.43 bits per heavy atom. The molecule has 0 radical (unpaired) electrons. The van der Waals surface area contributed by atoms with Gasteiger partial charge in [0.25, 0.3) is 0 Å². The first-order valence-electron chi connectivity index (χ1n) is 15.5. The number of fused-ring (bicyclic) bond motifs is 4. The van der Waals surface area contributed by atoms with Crippen LogP contribution < -0.4 is 0 Å². The summed E-state index contributed by atoms with van der Waals surface area (Å²) in [5, 5.41) is 5.15. The van der Waals surface area contributed by atoms with Crippen LogP contribution in [-0.2, 0) is 0 Å². The molecule has 0 heterocycles. The third kappa shape index (κ3) is 4.32. The lowest BCUT2D eigenvalue weighted by atomic mass is 9.82. The van der Waals surface area contributed by atoms with Gasteiger partial charge in [-0.2, -0.15) is 0 Å². The topological polar surface area (TPSA) is 0 Å². The van der Waals surface area contributed by atoms with Crippen LogP contribution in [0.5, 0.6) is 0 Å². The van der Waals surface area contributed by atoms with Crippen LogP contribution in [0.1, 0.15) is 0 Å². The van der Waals surface area contributed by atoms with Crippen molar-refractivity contribution < 1.29 is 0 Å². The maximum absolute atomic E-state index is 3.62. The summed E-state index contributed by atoms with van der Waals surface area (Å²) in [6.07, 6.45) is 0. The molecular formula is C44H26Br2. The van der Waals surface area contributed by atoms with Gasteiger partial charge in [0, 0.05) is 8.95 Å². The fraction of sp³-hybridized carbons (Fsp3) is 0. The molecule has 1 aliphatic carbocycles. The van der Waals surface area contributed by atoms with Crippen molar-refractivity contribution in [2.75, 3.05) is 0 Å². The zero-order valence-electron chi connectivity index (χ0n) is 24.8. The number of rotatable bonds is 4. The lowest BCUT2D eigenvalue weighted by Gasteiger charge is -2.21. The van der Waals surface area contributed by atoms with Crippen molar-refractivity contribution in [3.05, 3.63) is 167 Å². The Labute approximate surface area is 285 Å². The molecule has 0 N–H and O–H groups in total. The predicted molar refractivity (Wildman–Crippen MR) is 203 cm³/mol. The van der Waals surface area contributed by atoms with Crippen molar-refractivity contribution in [2.45, 2.75) is 0 Å². The van der Waals surface area contributed by atoms with E-state index in [1.165, 1.54) is 88.3 Å². The fourth-order valence-corrected chi connectivity index (χ4v) is 7.89. The van der Waals surface area contributed by atoms with Gasteiger partial charge in [0.1, 0.15) is 0 Å². The Kier molecular flexibility index (Phi) is 6.55. The van der Waals surface area contributed by atoms with Crippen LogP contribution >= 0.6 is 31.9 Å². The van der Waals surface area contributed by atoms with Gasteiger partial charge in [-0.3, -0.25) is 0 Å². The van der Waals surface area contributed by atoms with E-state index < -0.39 is 0 Å². The summed E-state index contributed by atoms with van der Waals surface area (Å²) in [6, 6.07) is 57.8. The highest BCUT2D eigenvalue weighted by molar-refractivity contribution is 9.10. The van der Waals surface area contributed by atoms with Gasteiger partial charge < -0.3 is 0 Å². The molecule has 0 nitrogen and oxygen atoms in total. The highest BCUT2D eigenvalue weighted by atomic mass is 79.9. The normalized spacial score (nSPS) is 11.7. The molecule has 2 heteroatoms. The molecule has 0 atom stereocenters. The van der Waals surface area contributed by atoms with Gasteiger partial charge in [0.15, 0.2) is 0 Å². The largest absolute Gasteiger partial charge is 0.0622 e. The molecule has 0 saturated carbocycles. The van der Waals surface area contributed by atoms with Crippen LogP contribution in [0.25, 0.3) is 88.3 Å². The average Bonchev–Trinajstić information content (AvgIpc) is 3.43. The van der Waals surface area contributed by atoms with Crippen molar-refractivity contribution in [3.8, 4) is 66.8 Å². The molecule has 0 bridgehead atoms. The summed E-state index contributed by atoms with van der Waals surface area (Å²) in [5.74, 6) is 0. The molecule has 0 unspecified atom stereocenters. The Balaban J connectivity index is 1.45. The van der Waals surface area contributed by atoms with Crippen molar-refractivity contribution in [1.82, 2.24) is 0 Å². The molecule has 0 aliphatic heterocycles. The minimum Gasteiger partial charge on any atom is -0.0622 e. The van der Waals surface area contributed by atoms with Crippen LogP contribution in [0.15, 0.2) is 167 Å². The SMILES string of the molecule is Brc1ccc(-c2ccc3c(-c4ccccc4)c4c(c(-c5ccccc5)c3c2)-c2cccc3c(-c5ccc(Br)cc5)ccc-4c23)cc1. The van der Waals surface area contributed by atoms with E-state index in [9.17, 15) is 0 Å². The first kappa shape index (κ1) is 27.5. The smallest absolute Gasteiger partial charge is 0.0175 e. The summed E-state index contributed by atoms with van der Waals surface area (Å²) < 4.78 is 2.17. The molecule has 46 heavy (non-hydrogen) atoms. The second-order valence-electron chi connectivity index (χ2n) is 11.9. The second kappa shape index (κ2) is 10.9. The minimum absolute atomic E-state index is 1.08. The average molecular weight is 715 g/mol. The molecule has 0 aromatic heterocycles. The summed E-state index contributed by atoms with van der Waals surface area (Å²) in [6.45, 7) is 0. The molecule has 8 aromatic carbocycles. The first-order valence-corrected chi connectivity index (χ1v) is 17.1. The molecule has 216 valence electrons. The van der Waals surface area contributed by atoms with Gasteiger partial charge in [0.05, 0.1) is 0 Å². The number of halogens is 2. The highest BCUT2D eigenvalue weighted by Crippen LogP contribution is 2.58. The van der Waals surface area contributed by atoms with E-state index in [-0.39, 0.29) is 0 Å². The first-order chi connectivity index (χ1) is 22.7. The van der Waals surface area contributed by atoms with Crippen LogP contribution in [-0.4, -0.2) is 0 Å². The van der Waals surface area contributed by atoms with Crippen molar-refractivity contribution in [1.29, 1.82) is 0 Å². The molecule has 0 amide bonds. The predicted octanol–water partition coefficient (Wildman–Crippen LogP) is 13.8. The van der Waals surface area contributed by atoms with E-state index in [1.807, 2.05) is 0 Å². The van der Waals surface area contributed by atoms with E-state index in [1.54, 1.807) is 0 Å². The zero-order valence-corrected chi connectivity index (χ0v) is 27.9. The third-order valence-electron chi connectivity index (χ3n) is 9.35. The molecule has 8 aromatic rings. The summed E-state index contributed by atoms with van der Waals surface area (Å²) in [5.41, 5.74) is 15.2. The van der Waals surface area contributed by atoms with Gasteiger partial charge in [-0.25, -0.2) is 0 Å².